The van der Waals surface area contributed by atoms with E-state index >= 15 is 0 Å². The van der Waals surface area contributed by atoms with Gasteiger partial charge in [0, 0.05) is 17.8 Å². The molecule has 0 bridgehead atoms. The molecule has 2 rings (SSSR count). The van der Waals surface area contributed by atoms with Crippen LogP contribution in [0.3, 0.4) is 0 Å². The lowest BCUT2D eigenvalue weighted by atomic mass is 10.2. The second-order valence-electron chi connectivity index (χ2n) is 3.98. The topological polar surface area (TPSA) is 68.0 Å². The van der Waals surface area contributed by atoms with Crippen molar-refractivity contribution in [1.29, 1.82) is 0 Å². The van der Waals surface area contributed by atoms with Gasteiger partial charge in [0.25, 0.3) is 0 Å². The number of carboxylic acids is 1. The molecule has 1 N–H and O–H groups in total. The van der Waals surface area contributed by atoms with E-state index in [9.17, 15) is 4.79 Å². The summed E-state index contributed by atoms with van der Waals surface area (Å²) in [7, 11) is 0. The number of carbonyl (C=O) groups is 1. The molecule has 98 valence electrons. The number of nitrogens with zero attached hydrogens (tertiary/aromatic N) is 3. The van der Waals surface area contributed by atoms with Crippen molar-refractivity contribution in [2.45, 2.75) is 13.8 Å². The van der Waals surface area contributed by atoms with Crippen LogP contribution in [0.25, 0.3) is 11.9 Å². The van der Waals surface area contributed by atoms with E-state index in [1.807, 2.05) is 13.8 Å². The Kier molecular flexibility index (Phi) is 3.80. The highest BCUT2D eigenvalue weighted by atomic mass is 79.9. The Hall–Kier alpha value is -1.95. The molecule has 0 unspecified atom stereocenters. The maximum absolute atomic E-state index is 10.6. The SMILES string of the molecule is Cc1nn(-c2ncccc2/C=C/C(=O)O)c(C)c1Br. The molecule has 0 saturated carbocycles. The van der Waals surface area contributed by atoms with Crippen LogP contribution in [0.1, 0.15) is 17.0 Å². The van der Waals surface area contributed by atoms with Gasteiger partial charge in [0.1, 0.15) is 0 Å². The molecular formula is C13H12BrN3O2. The van der Waals surface area contributed by atoms with Crippen molar-refractivity contribution in [3.63, 3.8) is 0 Å². The summed E-state index contributed by atoms with van der Waals surface area (Å²) in [5.41, 5.74) is 2.47. The van der Waals surface area contributed by atoms with E-state index in [1.54, 1.807) is 23.0 Å². The molecule has 2 heterocycles. The van der Waals surface area contributed by atoms with E-state index in [0.717, 1.165) is 21.9 Å². The van der Waals surface area contributed by atoms with Crippen LogP contribution in [0.15, 0.2) is 28.9 Å². The van der Waals surface area contributed by atoms with Gasteiger partial charge in [-0.15, -0.1) is 0 Å². The van der Waals surface area contributed by atoms with Crippen molar-refractivity contribution < 1.29 is 9.90 Å². The van der Waals surface area contributed by atoms with Crippen molar-refractivity contribution >= 4 is 28.0 Å². The first-order valence-corrected chi connectivity index (χ1v) is 6.38. The maximum Gasteiger partial charge on any atom is 0.328 e. The molecule has 0 atom stereocenters. The van der Waals surface area contributed by atoms with Crippen LogP contribution in [0.5, 0.6) is 0 Å². The van der Waals surface area contributed by atoms with Gasteiger partial charge in [0.05, 0.1) is 15.9 Å². The molecule has 0 amide bonds. The highest BCUT2D eigenvalue weighted by molar-refractivity contribution is 9.10. The maximum atomic E-state index is 10.6. The summed E-state index contributed by atoms with van der Waals surface area (Å²) >= 11 is 3.46. The summed E-state index contributed by atoms with van der Waals surface area (Å²) in [4.78, 5) is 14.9. The number of rotatable bonds is 3. The van der Waals surface area contributed by atoms with E-state index in [-0.39, 0.29) is 0 Å². The van der Waals surface area contributed by atoms with Crippen molar-refractivity contribution in [2.75, 3.05) is 0 Å². The van der Waals surface area contributed by atoms with Crippen LogP contribution < -0.4 is 0 Å². The van der Waals surface area contributed by atoms with Gasteiger partial charge in [0.15, 0.2) is 5.82 Å². The number of aryl methyl sites for hydroxylation is 1. The van der Waals surface area contributed by atoms with E-state index < -0.39 is 5.97 Å². The number of halogens is 1. The number of hydrogen-bond acceptors (Lipinski definition) is 3. The molecule has 6 heteroatoms. The molecule has 2 aromatic rings. The third kappa shape index (κ3) is 2.73. The van der Waals surface area contributed by atoms with Crippen molar-refractivity contribution in [1.82, 2.24) is 14.8 Å². The van der Waals surface area contributed by atoms with Gasteiger partial charge < -0.3 is 5.11 Å². The Morgan fingerprint density at radius 1 is 1.47 bits per heavy atom. The fraction of sp³-hybridized carbons (Fsp3) is 0.154. The fourth-order valence-corrected chi connectivity index (χ4v) is 1.95. The molecule has 2 aromatic heterocycles. The van der Waals surface area contributed by atoms with E-state index in [4.69, 9.17) is 5.11 Å². The molecule has 0 spiro atoms. The normalized spacial score (nSPS) is 11.1. The molecule has 0 fully saturated rings. The highest BCUT2D eigenvalue weighted by Gasteiger charge is 2.13. The molecule has 0 aliphatic heterocycles. The third-order valence-electron chi connectivity index (χ3n) is 2.63. The molecule has 0 aliphatic rings. The number of aromatic nitrogens is 3. The first kappa shape index (κ1) is 13.5. The summed E-state index contributed by atoms with van der Waals surface area (Å²) in [5, 5.41) is 13.1. The summed E-state index contributed by atoms with van der Waals surface area (Å²) in [6.45, 7) is 3.81. The highest BCUT2D eigenvalue weighted by Crippen LogP contribution is 2.23. The van der Waals surface area contributed by atoms with Gasteiger partial charge in [-0.25, -0.2) is 14.5 Å². The molecule has 0 aliphatic carbocycles. The standard InChI is InChI=1S/C13H12BrN3O2/c1-8-12(14)9(2)17(16-8)13-10(4-3-7-15-13)5-6-11(18)19/h3-7H,1-2H3,(H,18,19)/b6-5+. The minimum Gasteiger partial charge on any atom is -0.478 e. The average molecular weight is 322 g/mol. The Bertz CT molecular complexity index is 662. The Balaban J connectivity index is 2.56. The third-order valence-corrected chi connectivity index (χ3v) is 3.77. The lowest BCUT2D eigenvalue weighted by molar-refractivity contribution is -0.131. The fourth-order valence-electron chi connectivity index (χ4n) is 1.71. The van der Waals surface area contributed by atoms with Gasteiger partial charge in [-0.05, 0) is 48.0 Å². The average Bonchev–Trinajstić information content (AvgIpc) is 2.64. The summed E-state index contributed by atoms with van der Waals surface area (Å²) < 4.78 is 2.62. The molecule has 0 saturated heterocycles. The molecule has 0 aromatic carbocycles. The van der Waals surface area contributed by atoms with Gasteiger partial charge in [-0.2, -0.15) is 5.10 Å². The molecular weight excluding hydrogens is 310 g/mol. The predicted molar refractivity (Wildman–Crippen MR) is 75.2 cm³/mol. The lowest BCUT2D eigenvalue weighted by Crippen LogP contribution is -2.04. The number of hydrogen-bond donors (Lipinski definition) is 1. The van der Waals surface area contributed by atoms with Gasteiger partial charge in [-0.1, -0.05) is 0 Å². The van der Waals surface area contributed by atoms with E-state index in [0.29, 0.717) is 11.4 Å². The van der Waals surface area contributed by atoms with Gasteiger partial charge in [0.2, 0.25) is 0 Å². The summed E-state index contributed by atoms with van der Waals surface area (Å²) in [6.07, 6.45) is 4.24. The van der Waals surface area contributed by atoms with Crippen LogP contribution in [-0.4, -0.2) is 25.8 Å². The largest absolute Gasteiger partial charge is 0.478 e. The number of pyridine rings is 1. The second-order valence-corrected chi connectivity index (χ2v) is 4.78. The van der Waals surface area contributed by atoms with E-state index in [1.165, 1.54) is 6.08 Å². The summed E-state index contributed by atoms with van der Waals surface area (Å²) in [6, 6.07) is 3.55. The van der Waals surface area contributed by atoms with Crippen molar-refractivity contribution in [2.24, 2.45) is 0 Å². The number of carboxylic acid groups (broad SMARTS) is 1. The predicted octanol–water partition coefficient (Wildman–Crippen LogP) is 2.74. The van der Waals surface area contributed by atoms with Crippen LogP contribution in [0, 0.1) is 13.8 Å². The molecule has 5 nitrogen and oxygen atoms in total. The molecule has 19 heavy (non-hydrogen) atoms. The smallest absolute Gasteiger partial charge is 0.328 e. The lowest BCUT2D eigenvalue weighted by Gasteiger charge is -2.06. The zero-order valence-electron chi connectivity index (χ0n) is 10.5. The zero-order chi connectivity index (χ0) is 14.0. The Morgan fingerprint density at radius 3 is 2.79 bits per heavy atom. The minimum absolute atomic E-state index is 0.603. The van der Waals surface area contributed by atoms with Crippen LogP contribution in [0.4, 0.5) is 0 Å². The van der Waals surface area contributed by atoms with Gasteiger partial charge >= 0.3 is 5.97 Å². The number of aliphatic carboxylic acids is 1. The van der Waals surface area contributed by atoms with E-state index in [2.05, 4.69) is 26.0 Å². The van der Waals surface area contributed by atoms with Gasteiger partial charge in [-0.3, -0.25) is 0 Å². The Labute approximate surface area is 118 Å². The monoisotopic (exact) mass is 321 g/mol. The van der Waals surface area contributed by atoms with Crippen LogP contribution in [-0.2, 0) is 4.79 Å². The first-order valence-electron chi connectivity index (χ1n) is 5.59. The van der Waals surface area contributed by atoms with Crippen LogP contribution in [0.2, 0.25) is 0 Å². The van der Waals surface area contributed by atoms with Crippen molar-refractivity contribution in [3.05, 3.63) is 45.8 Å². The van der Waals surface area contributed by atoms with Crippen molar-refractivity contribution in [3.8, 4) is 5.82 Å². The summed E-state index contributed by atoms with van der Waals surface area (Å²) in [5.74, 6) is -0.393. The zero-order valence-corrected chi connectivity index (χ0v) is 12.0. The second kappa shape index (κ2) is 5.36. The Morgan fingerprint density at radius 2 is 2.21 bits per heavy atom. The first-order chi connectivity index (χ1) is 9.00. The molecule has 0 radical (unpaired) electrons. The van der Waals surface area contributed by atoms with Crippen LogP contribution >= 0.6 is 15.9 Å². The minimum atomic E-state index is -0.996. The quantitative estimate of drug-likeness (QED) is 0.882.